The predicted molar refractivity (Wildman–Crippen MR) is 46.2 cm³/mol. The van der Waals surface area contributed by atoms with Crippen molar-refractivity contribution in [1.82, 2.24) is 0 Å². The SMILES string of the molecule is C[C-](C)C.[CH2-]C=CC.[Mg+2]. The molecule has 0 N–H and O–H groups in total. The second kappa shape index (κ2) is 15.8. The smallest absolute Gasteiger partial charge is 0.323 e. The summed E-state index contributed by atoms with van der Waals surface area (Å²) in [6, 6.07) is 0. The third kappa shape index (κ3) is 180. The Morgan fingerprint density at radius 3 is 1.33 bits per heavy atom. The maximum Gasteiger partial charge on any atom is 2.00 e. The van der Waals surface area contributed by atoms with E-state index in [2.05, 4.69) is 27.7 Å². The van der Waals surface area contributed by atoms with Crippen molar-refractivity contribution < 1.29 is 0 Å². The molecular formula is C8H16Mg. The van der Waals surface area contributed by atoms with Crippen LogP contribution in [0.25, 0.3) is 0 Å². The van der Waals surface area contributed by atoms with E-state index in [1.165, 1.54) is 5.92 Å². The van der Waals surface area contributed by atoms with Gasteiger partial charge in [-0.25, -0.2) is 19.1 Å². The van der Waals surface area contributed by atoms with E-state index < -0.39 is 0 Å². The van der Waals surface area contributed by atoms with Crippen LogP contribution in [0.2, 0.25) is 0 Å². The summed E-state index contributed by atoms with van der Waals surface area (Å²) in [6.45, 7) is 11.6. The summed E-state index contributed by atoms with van der Waals surface area (Å²) in [5.41, 5.74) is 0. The monoisotopic (exact) mass is 136 g/mol. The molecule has 0 saturated heterocycles. The van der Waals surface area contributed by atoms with Gasteiger partial charge in [0, 0.05) is 0 Å². The van der Waals surface area contributed by atoms with Crippen LogP contribution >= 0.6 is 0 Å². The first-order chi connectivity index (χ1) is 3.65. The standard InChI is InChI=1S/C4H9.C4H7.Mg/c1-4(2)3;1-3-4-2;/h1-3H3;3-4H,1H2,2H3;/q2*-1;+2. The number of allylic oxidation sites excluding steroid dienone is 2. The first-order valence-corrected chi connectivity index (χ1v) is 2.82. The minimum Gasteiger partial charge on any atom is -0.323 e. The van der Waals surface area contributed by atoms with Crippen molar-refractivity contribution in [3.63, 3.8) is 0 Å². The Kier molecular flexibility index (Phi) is 28.3. The number of rotatable bonds is 0. The molecule has 1 heteroatoms. The molecular weight excluding hydrogens is 120 g/mol. The molecule has 0 radical (unpaired) electrons. The average Bonchev–Trinajstić information content (AvgIpc) is 1.65. The minimum absolute atomic E-state index is 0. The molecule has 0 aliphatic heterocycles. The number of hydrogen-bond acceptors (Lipinski definition) is 0. The minimum atomic E-state index is 0. The first kappa shape index (κ1) is 16.2. The van der Waals surface area contributed by atoms with E-state index in [1.54, 1.807) is 6.08 Å². The molecule has 0 nitrogen and oxygen atoms in total. The Hall–Kier alpha value is 0.376. The van der Waals surface area contributed by atoms with E-state index in [4.69, 9.17) is 0 Å². The summed E-state index contributed by atoms with van der Waals surface area (Å²) in [4.78, 5) is 0. The maximum atomic E-state index is 3.42. The Balaban J connectivity index is -0.0000000720. The van der Waals surface area contributed by atoms with Gasteiger partial charge in [0.25, 0.3) is 0 Å². The molecule has 50 valence electrons. The van der Waals surface area contributed by atoms with E-state index in [1.807, 2.05) is 13.0 Å². The van der Waals surface area contributed by atoms with Gasteiger partial charge in [0.1, 0.15) is 0 Å². The third-order valence-electron chi connectivity index (χ3n) is 0.236. The molecule has 0 amide bonds. The van der Waals surface area contributed by atoms with Crippen molar-refractivity contribution in [3.05, 3.63) is 25.0 Å². The molecule has 0 heterocycles. The molecule has 0 spiro atoms. The van der Waals surface area contributed by atoms with E-state index in [-0.39, 0.29) is 23.1 Å². The van der Waals surface area contributed by atoms with E-state index in [0.717, 1.165) is 0 Å². The van der Waals surface area contributed by atoms with Crippen LogP contribution in [0.5, 0.6) is 0 Å². The van der Waals surface area contributed by atoms with Crippen LogP contribution in [-0.2, 0) is 0 Å². The number of hydrogen-bond donors (Lipinski definition) is 0. The van der Waals surface area contributed by atoms with Gasteiger partial charge in [-0.2, -0.15) is 20.8 Å². The molecule has 0 aliphatic carbocycles. The maximum absolute atomic E-state index is 3.42. The molecule has 0 aliphatic rings. The Labute approximate surface area is 75.9 Å². The summed E-state index contributed by atoms with van der Waals surface area (Å²) in [6.07, 6.45) is 3.64. The predicted octanol–water partition coefficient (Wildman–Crippen LogP) is 2.64. The van der Waals surface area contributed by atoms with Crippen LogP contribution < -0.4 is 0 Å². The molecule has 0 bridgehead atoms. The van der Waals surface area contributed by atoms with Crippen LogP contribution in [0, 0.1) is 12.8 Å². The topological polar surface area (TPSA) is 0 Å². The molecule has 0 atom stereocenters. The van der Waals surface area contributed by atoms with E-state index in [9.17, 15) is 0 Å². The van der Waals surface area contributed by atoms with Gasteiger partial charge < -0.3 is 5.92 Å². The fraction of sp³-hybridized carbons (Fsp3) is 0.500. The normalized spacial score (nSPS) is 8.11. The molecule has 0 fully saturated rings. The summed E-state index contributed by atoms with van der Waals surface area (Å²) in [5, 5.41) is 0. The molecule has 0 aromatic rings. The van der Waals surface area contributed by atoms with Crippen molar-refractivity contribution in [3.8, 4) is 0 Å². The van der Waals surface area contributed by atoms with Crippen LogP contribution in [0.15, 0.2) is 12.2 Å². The van der Waals surface area contributed by atoms with Gasteiger partial charge in [-0.15, -0.1) is 6.92 Å². The van der Waals surface area contributed by atoms with Gasteiger partial charge in [0.05, 0.1) is 0 Å². The van der Waals surface area contributed by atoms with Gasteiger partial charge >= 0.3 is 23.1 Å². The van der Waals surface area contributed by atoms with Crippen molar-refractivity contribution in [2.75, 3.05) is 0 Å². The zero-order valence-electron chi connectivity index (χ0n) is 7.07. The van der Waals surface area contributed by atoms with Crippen LogP contribution in [0.3, 0.4) is 0 Å². The zero-order valence-corrected chi connectivity index (χ0v) is 8.48. The van der Waals surface area contributed by atoms with Crippen LogP contribution in [0.1, 0.15) is 27.7 Å². The second-order valence-corrected chi connectivity index (χ2v) is 2.07. The van der Waals surface area contributed by atoms with Gasteiger partial charge in [-0.05, 0) is 0 Å². The molecule has 9 heavy (non-hydrogen) atoms. The fourth-order valence-electron chi connectivity index (χ4n) is 0. The molecule has 0 aromatic heterocycles. The van der Waals surface area contributed by atoms with Crippen molar-refractivity contribution in [1.29, 1.82) is 0 Å². The summed E-state index contributed by atoms with van der Waals surface area (Å²) in [7, 11) is 0. The van der Waals surface area contributed by atoms with E-state index >= 15 is 0 Å². The van der Waals surface area contributed by atoms with Gasteiger partial charge in [-0.3, -0.25) is 0 Å². The third-order valence-corrected chi connectivity index (χ3v) is 0.236. The summed E-state index contributed by atoms with van der Waals surface area (Å²) < 4.78 is 0. The first-order valence-electron chi connectivity index (χ1n) is 2.82. The van der Waals surface area contributed by atoms with Gasteiger partial charge in [0.2, 0.25) is 0 Å². The largest absolute Gasteiger partial charge is 2.00 e. The molecule has 0 rings (SSSR count). The fourth-order valence-corrected chi connectivity index (χ4v) is 0. The second-order valence-electron chi connectivity index (χ2n) is 2.07. The zero-order chi connectivity index (χ0) is 6.99. The van der Waals surface area contributed by atoms with Crippen molar-refractivity contribution >= 4 is 23.1 Å². The molecule has 0 aromatic carbocycles. The van der Waals surface area contributed by atoms with Crippen molar-refractivity contribution in [2.24, 2.45) is 0 Å². The Morgan fingerprint density at radius 2 is 1.33 bits per heavy atom. The average molecular weight is 137 g/mol. The van der Waals surface area contributed by atoms with Gasteiger partial charge in [0.15, 0.2) is 0 Å². The van der Waals surface area contributed by atoms with Gasteiger partial charge in [-0.1, -0.05) is 0 Å². The Morgan fingerprint density at radius 1 is 1.22 bits per heavy atom. The molecule has 0 unspecified atom stereocenters. The quantitative estimate of drug-likeness (QED) is 0.355. The van der Waals surface area contributed by atoms with Crippen LogP contribution in [0.4, 0.5) is 0 Å². The molecule has 0 saturated carbocycles. The summed E-state index contributed by atoms with van der Waals surface area (Å²) in [5.74, 6) is 1.42. The van der Waals surface area contributed by atoms with Crippen LogP contribution in [-0.4, -0.2) is 23.1 Å². The Bertz CT molecular complexity index is 39.8. The van der Waals surface area contributed by atoms with Crippen molar-refractivity contribution in [2.45, 2.75) is 27.7 Å². The summed E-state index contributed by atoms with van der Waals surface area (Å²) >= 11 is 0. The van der Waals surface area contributed by atoms with E-state index in [0.29, 0.717) is 0 Å².